The van der Waals surface area contributed by atoms with Crippen LogP contribution in [0.15, 0.2) is 18.3 Å². The zero-order valence-corrected chi connectivity index (χ0v) is 8.89. The molecular weight excluding hydrogens is 192 g/mol. The molecule has 1 aromatic rings. The summed E-state index contributed by atoms with van der Waals surface area (Å²) in [6, 6.07) is 3.77. The summed E-state index contributed by atoms with van der Waals surface area (Å²) in [4.78, 5) is 6.48. The fourth-order valence-corrected chi connectivity index (χ4v) is 1.86. The van der Waals surface area contributed by atoms with Crippen molar-refractivity contribution in [1.29, 1.82) is 0 Å². The highest BCUT2D eigenvalue weighted by atomic mass is 16.5. The van der Waals surface area contributed by atoms with Crippen molar-refractivity contribution in [2.75, 3.05) is 25.1 Å². The summed E-state index contributed by atoms with van der Waals surface area (Å²) in [5, 5.41) is 9.42. The topological polar surface area (TPSA) is 45.6 Å². The van der Waals surface area contributed by atoms with E-state index in [2.05, 4.69) is 9.88 Å². The van der Waals surface area contributed by atoms with Gasteiger partial charge in [-0.15, -0.1) is 0 Å². The van der Waals surface area contributed by atoms with E-state index in [4.69, 9.17) is 4.74 Å². The Morgan fingerprint density at radius 1 is 1.47 bits per heavy atom. The summed E-state index contributed by atoms with van der Waals surface area (Å²) in [6.07, 6.45) is 3.22. The number of aliphatic hydroxyl groups excluding tert-OH is 1. The van der Waals surface area contributed by atoms with Crippen LogP contribution in [0.1, 0.15) is 12.8 Å². The average Bonchev–Trinajstić information content (AvgIpc) is 2.30. The maximum atomic E-state index is 9.42. The van der Waals surface area contributed by atoms with Gasteiger partial charge in [-0.05, 0) is 25.0 Å². The third-order valence-electron chi connectivity index (χ3n) is 2.73. The SMILES string of the molecule is COc1cccnc1N1CCC(O)CC1. The zero-order chi connectivity index (χ0) is 10.7. The molecule has 1 fully saturated rings. The molecule has 1 N–H and O–H groups in total. The van der Waals surface area contributed by atoms with Gasteiger partial charge in [0, 0.05) is 19.3 Å². The molecule has 1 aliphatic rings. The lowest BCUT2D eigenvalue weighted by molar-refractivity contribution is 0.145. The Kier molecular flexibility index (Phi) is 3.06. The number of methoxy groups -OCH3 is 1. The third-order valence-corrected chi connectivity index (χ3v) is 2.73. The van der Waals surface area contributed by atoms with Gasteiger partial charge in [-0.25, -0.2) is 4.98 Å². The number of ether oxygens (including phenoxy) is 1. The Labute approximate surface area is 89.5 Å². The Morgan fingerprint density at radius 2 is 2.20 bits per heavy atom. The molecular formula is C11H16N2O2. The highest BCUT2D eigenvalue weighted by Crippen LogP contribution is 2.27. The van der Waals surface area contributed by atoms with Crippen LogP contribution in [-0.2, 0) is 0 Å². The number of hydrogen-bond donors (Lipinski definition) is 1. The Balaban J connectivity index is 2.15. The number of nitrogens with zero attached hydrogens (tertiary/aromatic N) is 2. The highest BCUT2D eigenvalue weighted by molar-refractivity contribution is 5.52. The van der Waals surface area contributed by atoms with Crippen LogP contribution in [0.3, 0.4) is 0 Å². The number of hydrogen-bond acceptors (Lipinski definition) is 4. The molecule has 0 unspecified atom stereocenters. The molecule has 2 rings (SSSR count). The molecule has 1 saturated heterocycles. The lowest BCUT2D eigenvalue weighted by Gasteiger charge is -2.31. The van der Waals surface area contributed by atoms with Crippen molar-refractivity contribution < 1.29 is 9.84 Å². The molecule has 15 heavy (non-hydrogen) atoms. The normalized spacial score (nSPS) is 17.9. The van der Waals surface area contributed by atoms with Crippen LogP contribution in [0.5, 0.6) is 5.75 Å². The van der Waals surface area contributed by atoms with E-state index in [1.165, 1.54) is 0 Å². The van der Waals surface area contributed by atoms with Gasteiger partial charge in [-0.1, -0.05) is 0 Å². The van der Waals surface area contributed by atoms with Crippen molar-refractivity contribution in [2.24, 2.45) is 0 Å². The maximum Gasteiger partial charge on any atom is 0.171 e. The Bertz CT molecular complexity index is 322. The first-order valence-electron chi connectivity index (χ1n) is 5.23. The lowest BCUT2D eigenvalue weighted by atomic mass is 10.1. The second-order valence-corrected chi connectivity index (χ2v) is 3.75. The van der Waals surface area contributed by atoms with Crippen molar-refractivity contribution in [2.45, 2.75) is 18.9 Å². The van der Waals surface area contributed by atoms with E-state index in [0.717, 1.165) is 37.5 Å². The Morgan fingerprint density at radius 3 is 2.87 bits per heavy atom. The van der Waals surface area contributed by atoms with Gasteiger partial charge in [-0.3, -0.25) is 0 Å². The van der Waals surface area contributed by atoms with Crippen molar-refractivity contribution in [3.63, 3.8) is 0 Å². The minimum Gasteiger partial charge on any atom is -0.493 e. The number of aliphatic hydroxyl groups is 1. The minimum atomic E-state index is -0.157. The monoisotopic (exact) mass is 208 g/mol. The van der Waals surface area contributed by atoms with E-state index < -0.39 is 0 Å². The second kappa shape index (κ2) is 4.49. The standard InChI is InChI=1S/C11H16N2O2/c1-15-10-3-2-6-12-11(10)13-7-4-9(14)5-8-13/h2-3,6,9,14H,4-5,7-8H2,1H3. The summed E-state index contributed by atoms with van der Waals surface area (Å²) in [7, 11) is 1.65. The molecule has 0 bridgehead atoms. The van der Waals surface area contributed by atoms with Crippen molar-refractivity contribution in [3.05, 3.63) is 18.3 Å². The van der Waals surface area contributed by atoms with Crippen molar-refractivity contribution >= 4 is 5.82 Å². The van der Waals surface area contributed by atoms with E-state index >= 15 is 0 Å². The predicted molar refractivity (Wildman–Crippen MR) is 58.2 cm³/mol. The van der Waals surface area contributed by atoms with Gasteiger partial charge in [0.05, 0.1) is 13.2 Å². The molecule has 1 aliphatic heterocycles. The van der Waals surface area contributed by atoms with Gasteiger partial charge in [0.25, 0.3) is 0 Å². The van der Waals surface area contributed by atoms with Crippen LogP contribution in [0, 0.1) is 0 Å². The van der Waals surface area contributed by atoms with Crippen LogP contribution >= 0.6 is 0 Å². The molecule has 0 spiro atoms. The van der Waals surface area contributed by atoms with Gasteiger partial charge in [-0.2, -0.15) is 0 Å². The molecule has 2 heterocycles. The number of piperidine rings is 1. The fraction of sp³-hybridized carbons (Fsp3) is 0.545. The van der Waals surface area contributed by atoms with Crippen molar-refractivity contribution in [3.8, 4) is 5.75 Å². The summed E-state index contributed by atoms with van der Waals surface area (Å²) in [6.45, 7) is 1.68. The highest BCUT2D eigenvalue weighted by Gasteiger charge is 2.20. The van der Waals surface area contributed by atoms with Crippen LogP contribution in [0.4, 0.5) is 5.82 Å². The first kappa shape index (κ1) is 10.2. The molecule has 1 aromatic heterocycles. The maximum absolute atomic E-state index is 9.42. The number of anilines is 1. The van der Waals surface area contributed by atoms with Crippen LogP contribution < -0.4 is 9.64 Å². The fourth-order valence-electron chi connectivity index (χ4n) is 1.86. The molecule has 0 atom stereocenters. The minimum absolute atomic E-state index is 0.157. The largest absolute Gasteiger partial charge is 0.493 e. The lowest BCUT2D eigenvalue weighted by Crippen LogP contribution is -2.36. The molecule has 4 nitrogen and oxygen atoms in total. The van der Waals surface area contributed by atoms with Crippen molar-refractivity contribution in [1.82, 2.24) is 4.98 Å². The van der Waals surface area contributed by atoms with Crippen LogP contribution in [0.2, 0.25) is 0 Å². The van der Waals surface area contributed by atoms with Gasteiger partial charge in [0.15, 0.2) is 11.6 Å². The third kappa shape index (κ3) is 2.21. The number of pyridine rings is 1. The predicted octanol–water partition coefficient (Wildman–Crippen LogP) is 1.05. The van der Waals surface area contributed by atoms with Crippen LogP contribution in [0.25, 0.3) is 0 Å². The summed E-state index contributed by atoms with van der Waals surface area (Å²) >= 11 is 0. The van der Waals surface area contributed by atoms with Gasteiger partial charge < -0.3 is 14.7 Å². The molecule has 0 radical (unpaired) electrons. The number of aromatic nitrogens is 1. The quantitative estimate of drug-likeness (QED) is 0.789. The summed E-state index contributed by atoms with van der Waals surface area (Å²) in [5.74, 6) is 1.68. The molecule has 82 valence electrons. The summed E-state index contributed by atoms with van der Waals surface area (Å²) in [5.41, 5.74) is 0. The van der Waals surface area contributed by atoms with Gasteiger partial charge >= 0.3 is 0 Å². The number of rotatable bonds is 2. The van der Waals surface area contributed by atoms with E-state index in [-0.39, 0.29) is 6.10 Å². The molecule has 4 heteroatoms. The molecule has 0 aromatic carbocycles. The average molecular weight is 208 g/mol. The van der Waals surface area contributed by atoms with Gasteiger partial charge in [0.1, 0.15) is 0 Å². The Hall–Kier alpha value is -1.29. The summed E-state index contributed by atoms with van der Waals surface area (Å²) < 4.78 is 5.26. The first-order chi connectivity index (χ1) is 7.31. The second-order valence-electron chi connectivity index (χ2n) is 3.75. The van der Waals surface area contributed by atoms with E-state index in [9.17, 15) is 5.11 Å². The van der Waals surface area contributed by atoms with E-state index in [1.54, 1.807) is 13.3 Å². The van der Waals surface area contributed by atoms with E-state index in [0.29, 0.717) is 0 Å². The molecule has 0 amide bonds. The molecule has 0 aliphatic carbocycles. The zero-order valence-electron chi connectivity index (χ0n) is 8.89. The van der Waals surface area contributed by atoms with E-state index in [1.807, 2.05) is 12.1 Å². The first-order valence-corrected chi connectivity index (χ1v) is 5.23. The van der Waals surface area contributed by atoms with Crippen LogP contribution in [-0.4, -0.2) is 36.4 Å². The van der Waals surface area contributed by atoms with Gasteiger partial charge in [0.2, 0.25) is 0 Å². The smallest absolute Gasteiger partial charge is 0.171 e. The molecule has 0 saturated carbocycles.